The van der Waals surface area contributed by atoms with E-state index in [2.05, 4.69) is 17.6 Å². The van der Waals surface area contributed by atoms with Gasteiger partial charge in [-0.2, -0.15) is 0 Å². The Labute approximate surface area is 81.0 Å². The molecule has 0 aliphatic carbocycles. The highest BCUT2D eigenvalue weighted by Gasteiger charge is 2.16. The molecule has 1 aromatic carbocycles. The van der Waals surface area contributed by atoms with Gasteiger partial charge in [0.1, 0.15) is 0 Å². The Bertz CT molecular complexity index is 248. The zero-order valence-electron chi connectivity index (χ0n) is 6.69. The van der Waals surface area contributed by atoms with Crippen LogP contribution in [0.4, 0.5) is 0 Å². The second kappa shape index (κ2) is 4.60. The molecule has 0 aliphatic heterocycles. The highest BCUT2D eigenvalue weighted by molar-refractivity contribution is 7.94. The molecule has 1 rings (SSSR count). The van der Waals surface area contributed by atoms with E-state index in [-0.39, 0.29) is 5.25 Å². The first kappa shape index (κ1) is 9.71. The van der Waals surface area contributed by atoms with Gasteiger partial charge in [-0.1, -0.05) is 30.4 Å². The van der Waals surface area contributed by atoms with Gasteiger partial charge >= 0.3 is 0 Å². The summed E-state index contributed by atoms with van der Waals surface area (Å²) in [5.74, 6) is 0. The van der Waals surface area contributed by atoms with Gasteiger partial charge in [-0.25, -0.2) is 0 Å². The second-order valence-electron chi connectivity index (χ2n) is 2.37. The standard InChI is InChI=1S/C9H9OS2/c1-8(7-11)12(10)9-5-3-2-4-6-9/h2-6,8H,1H3. The lowest BCUT2D eigenvalue weighted by Crippen LogP contribution is -2.18. The van der Waals surface area contributed by atoms with Crippen LogP contribution in [0.5, 0.6) is 0 Å². The van der Waals surface area contributed by atoms with Crippen LogP contribution in [-0.4, -0.2) is 15.2 Å². The molecule has 12 heavy (non-hydrogen) atoms. The monoisotopic (exact) mass is 197 g/mol. The fourth-order valence-corrected chi connectivity index (χ4v) is 1.99. The van der Waals surface area contributed by atoms with Gasteiger partial charge in [-0.05, 0) is 30.2 Å². The van der Waals surface area contributed by atoms with Crippen molar-refractivity contribution in [1.82, 2.24) is 0 Å². The van der Waals surface area contributed by atoms with E-state index >= 15 is 0 Å². The van der Waals surface area contributed by atoms with Gasteiger partial charge in [0.15, 0.2) is 10.1 Å². The molecule has 0 saturated heterocycles. The quantitative estimate of drug-likeness (QED) is 0.547. The van der Waals surface area contributed by atoms with Crippen LogP contribution in [0.15, 0.2) is 35.2 Å². The molecule has 0 bridgehead atoms. The van der Waals surface area contributed by atoms with Gasteiger partial charge in [0, 0.05) is 0 Å². The van der Waals surface area contributed by atoms with E-state index in [0.29, 0.717) is 0 Å². The molecule has 0 amide bonds. The molecule has 2 unspecified atom stereocenters. The Morgan fingerprint density at radius 1 is 1.42 bits per heavy atom. The average Bonchev–Trinajstić information content (AvgIpc) is 2.17. The SMILES string of the molecule is CC([C]=S)[S+]([O-])c1ccccc1. The molecule has 0 heterocycles. The van der Waals surface area contributed by atoms with Crippen molar-refractivity contribution < 1.29 is 4.55 Å². The second-order valence-corrected chi connectivity index (χ2v) is 4.38. The number of hydrogen-bond acceptors (Lipinski definition) is 2. The first-order valence-corrected chi connectivity index (χ1v) is 5.21. The van der Waals surface area contributed by atoms with Crippen molar-refractivity contribution in [3.05, 3.63) is 30.3 Å². The largest absolute Gasteiger partial charge is 0.611 e. The first-order chi connectivity index (χ1) is 5.75. The van der Waals surface area contributed by atoms with Crippen molar-refractivity contribution in [2.45, 2.75) is 17.1 Å². The summed E-state index contributed by atoms with van der Waals surface area (Å²) in [4.78, 5) is 0.808. The zero-order valence-corrected chi connectivity index (χ0v) is 8.32. The Morgan fingerprint density at radius 2 is 2.00 bits per heavy atom. The summed E-state index contributed by atoms with van der Waals surface area (Å²) in [6, 6.07) is 9.29. The molecule has 1 nitrogen and oxygen atoms in total. The molecule has 0 saturated carbocycles. The normalized spacial score (nSPS) is 15.2. The van der Waals surface area contributed by atoms with Gasteiger partial charge in [-0.15, -0.1) is 0 Å². The van der Waals surface area contributed by atoms with Crippen molar-refractivity contribution >= 4 is 28.8 Å². The molecule has 0 spiro atoms. The van der Waals surface area contributed by atoms with Crippen molar-refractivity contribution in [2.24, 2.45) is 0 Å². The van der Waals surface area contributed by atoms with Crippen LogP contribution in [-0.2, 0) is 11.2 Å². The summed E-state index contributed by atoms with van der Waals surface area (Å²) >= 11 is 3.56. The minimum atomic E-state index is -1.04. The lowest BCUT2D eigenvalue weighted by Gasteiger charge is -2.12. The Hall–Kier alpha value is -0.380. The van der Waals surface area contributed by atoms with Gasteiger partial charge < -0.3 is 4.55 Å². The van der Waals surface area contributed by atoms with Crippen LogP contribution in [0.3, 0.4) is 0 Å². The molecule has 0 N–H and O–H groups in total. The molecule has 0 fully saturated rings. The van der Waals surface area contributed by atoms with Gasteiger partial charge in [0.25, 0.3) is 0 Å². The maximum atomic E-state index is 11.6. The number of benzene rings is 1. The number of rotatable bonds is 3. The summed E-state index contributed by atoms with van der Waals surface area (Å²) in [5.41, 5.74) is 0. The van der Waals surface area contributed by atoms with E-state index in [1.807, 2.05) is 30.3 Å². The van der Waals surface area contributed by atoms with E-state index in [4.69, 9.17) is 0 Å². The summed E-state index contributed by atoms with van der Waals surface area (Å²) < 4.78 is 11.6. The molecule has 63 valence electrons. The minimum absolute atomic E-state index is 0.178. The summed E-state index contributed by atoms with van der Waals surface area (Å²) in [6.45, 7) is 1.80. The third kappa shape index (κ3) is 2.30. The Kier molecular flexibility index (Phi) is 3.72. The number of thiocarbonyl (C=S) groups is 1. The van der Waals surface area contributed by atoms with Crippen molar-refractivity contribution in [3.8, 4) is 0 Å². The lowest BCUT2D eigenvalue weighted by atomic mass is 10.4. The average molecular weight is 197 g/mol. The maximum absolute atomic E-state index is 11.6. The topological polar surface area (TPSA) is 23.1 Å². The predicted octanol–water partition coefficient (Wildman–Crippen LogP) is 2.06. The number of hydrogen-bond donors (Lipinski definition) is 0. The van der Waals surface area contributed by atoms with E-state index in [1.165, 1.54) is 0 Å². The highest BCUT2D eigenvalue weighted by atomic mass is 32.2. The molecular weight excluding hydrogens is 188 g/mol. The summed E-state index contributed by atoms with van der Waals surface area (Å²) in [6.07, 6.45) is 0. The summed E-state index contributed by atoms with van der Waals surface area (Å²) in [7, 11) is 0. The van der Waals surface area contributed by atoms with E-state index in [1.54, 1.807) is 6.92 Å². The molecule has 0 aliphatic rings. The van der Waals surface area contributed by atoms with Gasteiger partial charge in [0.05, 0.1) is 5.37 Å². The van der Waals surface area contributed by atoms with Crippen LogP contribution in [0.1, 0.15) is 6.92 Å². The van der Waals surface area contributed by atoms with Crippen LogP contribution in [0.2, 0.25) is 0 Å². The molecule has 1 radical (unpaired) electrons. The smallest absolute Gasteiger partial charge is 0.154 e. The maximum Gasteiger partial charge on any atom is 0.154 e. The van der Waals surface area contributed by atoms with Crippen molar-refractivity contribution in [3.63, 3.8) is 0 Å². The van der Waals surface area contributed by atoms with Gasteiger partial charge in [-0.3, -0.25) is 0 Å². The van der Waals surface area contributed by atoms with Crippen molar-refractivity contribution in [2.75, 3.05) is 0 Å². The summed E-state index contributed by atoms with van der Waals surface area (Å²) in [5, 5.41) is 2.37. The van der Waals surface area contributed by atoms with Crippen molar-refractivity contribution in [1.29, 1.82) is 0 Å². The third-order valence-corrected chi connectivity index (χ3v) is 3.46. The van der Waals surface area contributed by atoms with Crippen LogP contribution >= 0.6 is 12.2 Å². The van der Waals surface area contributed by atoms with E-state index < -0.39 is 11.2 Å². The zero-order chi connectivity index (χ0) is 8.97. The van der Waals surface area contributed by atoms with Crippen LogP contribution in [0.25, 0.3) is 0 Å². The lowest BCUT2D eigenvalue weighted by molar-refractivity contribution is 0.593. The Morgan fingerprint density at radius 3 is 2.50 bits per heavy atom. The van der Waals surface area contributed by atoms with Crippen LogP contribution in [0, 0.1) is 0 Å². The fraction of sp³-hybridized carbons (Fsp3) is 0.222. The first-order valence-electron chi connectivity index (χ1n) is 3.59. The van der Waals surface area contributed by atoms with E-state index in [0.717, 1.165) is 4.90 Å². The predicted molar refractivity (Wildman–Crippen MR) is 54.9 cm³/mol. The third-order valence-electron chi connectivity index (χ3n) is 1.46. The minimum Gasteiger partial charge on any atom is -0.611 e. The van der Waals surface area contributed by atoms with Gasteiger partial charge in [0.2, 0.25) is 0 Å². The Balaban J connectivity index is 2.78. The molecular formula is C9H9OS2. The van der Waals surface area contributed by atoms with E-state index in [9.17, 15) is 4.55 Å². The molecule has 1 aromatic rings. The molecule has 2 atom stereocenters. The molecule has 0 aromatic heterocycles. The fourth-order valence-electron chi connectivity index (χ4n) is 0.802. The highest BCUT2D eigenvalue weighted by Crippen LogP contribution is 2.13. The molecule has 3 heteroatoms. The van der Waals surface area contributed by atoms with Crippen LogP contribution < -0.4 is 0 Å².